The van der Waals surface area contributed by atoms with Crippen LogP contribution in [0.25, 0.3) is 11.4 Å². The first-order chi connectivity index (χ1) is 10.7. The monoisotopic (exact) mass is 336 g/mol. The highest BCUT2D eigenvalue weighted by atomic mass is 35.5. The van der Waals surface area contributed by atoms with Gasteiger partial charge in [0.25, 0.3) is 0 Å². The van der Waals surface area contributed by atoms with Gasteiger partial charge in [0.15, 0.2) is 0 Å². The lowest BCUT2D eigenvalue weighted by molar-refractivity contribution is -0.122. The number of benzene rings is 1. The summed E-state index contributed by atoms with van der Waals surface area (Å²) < 4.78 is 4.97. The number of rotatable bonds is 5. The maximum Gasteiger partial charge on any atom is 0.223 e. The van der Waals surface area contributed by atoms with E-state index in [1.165, 1.54) is 0 Å². The molecule has 1 aromatic carbocycles. The molecule has 0 spiro atoms. The van der Waals surface area contributed by atoms with Gasteiger partial charge in [-0.05, 0) is 31.0 Å². The molecule has 1 amide bonds. The van der Waals surface area contributed by atoms with E-state index in [-0.39, 0.29) is 18.3 Å². The van der Waals surface area contributed by atoms with Crippen molar-refractivity contribution < 1.29 is 9.32 Å². The van der Waals surface area contributed by atoms with Crippen molar-refractivity contribution in [1.29, 1.82) is 0 Å². The van der Waals surface area contributed by atoms with Crippen LogP contribution in [-0.4, -0.2) is 29.1 Å². The lowest BCUT2D eigenvalue weighted by Crippen LogP contribution is -2.25. The second kappa shape index (κ2) is 8.08. The summed E-state index contributed by atoms with van der Waals surface area (Å²) in [5.74, 6) is 1.73. The normalized spacial score (nSPS) is 16.8. The van der Waals surface area contributed by atoms with Gasteiger partial charge >= 0.3 is 0 Å². The van der Waals surface area contributed by atoms with Crippen LogP contribution in [0.5, 0.6) is 0 Å². The van der Waals surface area contributed by atoms with E-state index >= 15 is 0 Å². The molecule has 3 rings (SSSR count). The van der Waals surface area contributed by atoms with Gasteiger partial charge in [0.05, 0.1) is 0 Å². The van der Waals surface area contributed by atoms with Gasteiger partial charge in [-0.15, -0.1) is 12.4 Å². The Hall–Kier alpha value is -1.92. The van der Waals surface area contributed by atoms with Crippen LogP contribution in [0.1, 0.15) is 24.3 Å². The van der Waals surface area contributed by atoms with Crippen LogP contribution >= 0.6 is 12.4 Å². The fourth-order valence-electron chi connectivity index (χ4n) is 2.61. The summed E-state index contributed by atoms with van der Waals surface area (Å²) in [6, 6.07) is 7.82. The molecule has 1 fully saturated rings. The predicted octanol–water partition coefficient (Wildman–Crippen LogP) is 2.08. The second-order valence-electron chi connectivity index (χ2n) is 5.67. The van der Waals surface area contributed by atoms with Crippen LogP contribution in [0.2, 0.25) is 0 Å². The molecule has 1 unspecified atom stereocenters. The standard InChI is InChI=1S/C16H20N4O2.ClH/c1-11-19-16(20-22-11)14-4-2-12(3-5-14)10-18-15(21)8-13-6-7-17-9-13;/h2-5,13,17H,6-10H2,1H3,(H,18,21);1H. The Bertz CT molecular complexity index is 636. The highest BCUT2D eigenvalue weighted by molar-refractivity contribution is 5.85. The van der Waals surface area contributed by atoms with Crippen molar-refractivity contribution in [3.8, 4) is 11.4 Å². The average molecular weight is 337 g/mol. The molecule has 1 atom stereocenters. The zero-order chi connectivity index (χ0) is 15.4. The predicted molar refractivity (Wildman–Crippen MR) is 89.2 cm³/mol. The molecule has 1 aliphatic heterocycles. The van der Waals surface area contributed by atoms with E-state index in [0.717, 1.165) is 30.6 Å². The van der Waals surface area contributed by atoms with Crippen molar-refractivity contribution in [3.63, 3.8) is 0 Å². The second-order valence-corrected chi connectivity index (χ2v) is 5.67. The number of nitrogens with zero attached hydrogens (tertiary/aromatic N) is 2. The molecule has 1 saturated heterocycles. The number of carbonyl (C=O) groups excluding carboxylic acids is 1. The van der Waals surface area contributed by atoms with Crippen LogP contribution < -0.4 is 10.6 Å². The fraction of sp³-hybridized carbons (Fsp3) is 0.438. The van der Waals surface area contributed by atoms with Gasteiger partial charge in [0.1, 0.15) is 0 Å². The Balaban J connectivity index is 0.00000192. The fourth-order valence-corrected chi connectivity index (χ4v) is 2.61. The van der Waals surface area contributed by atoms with Crippen molar-refractivity contribution in [2.24, 2.45) is 5.92 Å². The van der Waals surface area contributed by atoms with Gasteiger partial charge in [-0.1, -0.05) is 29.4 Å². The summed E-state index contributed by atoms with van der Waals surface area (Å²) >= 11 is 0. The van der Waals surface area contributed by atoms with Gasteiger partial charge in [-0.3, -0.25) is 4.79 Å². The highest BCUT2D eigenvalue weighted by Crippen LogP contribution is 2.16. The largest absolute Gasteiger partial charge is 0.352 e. The Labute approximate surface area is 141 Å². The smallest absolute Gasteiger partial charge is 0.223 e. The van der Waals surface area contributed by atoms with Crippen LogP contribution in [0.4, 0.5) is 0 Å². The molecular formula is C16H21ClN4O2. The third-order valence-corrected chi connectivity index (χ3v) is 3.87. The van der Waals surface area contributed by atoms with E-state index in [1.807, 2.05) is 24.3 Å². The number of hydrogen-bond acceptors (Lipinski definition) is 5. The van der Waals surface area contributed by atoms with Crippen molar-refractivity contribution in [1.82, 2.24) is 20.8 Å². The minimum absolute atomic E-state index is 0. The van der Waals surface area contributed by atoms with Crippen molar-refractivity contribution in [2.45, 2.75) is 26.3 Å². The molecule has 124 valence electrons. The van der Waals surface area contributed by atoms with Gasteiger partial charge in [0, 0.05) is 25.5 Å². The van der Waals surface area contributed by atoms with E-state index < -0.39 is 0 Å². The highest BCUT2D eigenvalue weighted by Gasteiger charge is 2.17. The molecule has 23 heavy (non-hydrogen) atoms. The molecule has 1 aromatic heterocycles. The number of nitrogens with one attached hydrogen (secondary N) is 2. The summed E-state index contributed by atoms with van der Waals surface area (Å²) in [5, 5.41) is 10.1. The van der Waals surface area contributed by atoms with Crippen LogP contribution in [-0.2, 0) is 11.3 Å². The molecule has 0 radical (unpaired) electrons. The van der Waals surface area contributed by atoms with E-state index in [1.54, 1.807) is 6.92 Å². The molecule has 2 heterocycles. The third kappa shape index (κ3) is 4.77. The topological polar surface area (TPSA) is 80.0 Å². The summed E-state index contributed by atoms with van der Waals surface area (Å²) in [6.45, 7) is 4.28. The van der Waals surface area contributed by atoms with Gasteiger partial charge in [-0.25, -0.2) is 0 Å². The molecule has 1 aliphatic rings. The van der Waals surface area contributed by atoms with E-state index in [4.69, 9.17) is 4.52 Å². The van der Waals surface area contributed by atoms with Gasteiger partial charge in [0.2, 0.25) is 17.6 Å². The van der Waals surface area contributed by atoms with Crippen molar-refractivity contribution >= 4 is 18.3 Å². The minimum Gasteiger partial charge on any atom is -0.352 e. The van der Waals surface area contributed by atoms with E-state index in [9.17, 15) is 4.79 Å². The minimum atomic E-state index is 0. The van der Waals surface area contributed by atoms with Gasteiger partial charge < -0.3 is 15.2 Å². The Kier molecular flexibility index (Phi) is 6.12. The molecule has 0 bridgehead atoms. The zero-order valence-electron chi connectivity index (χ0n) is 13.0. The first-order valence-electron chi connectivity index (χ1n) is 7.58. The van der Waals surface area contributed by atoms with Crippen LogP contribution in [0.15, 0.2) is 28.8 Å². The molecule has 2 N–H and O–H groups in total. The maximum atomic E-state index is 11.9. The number of amides is 1. The van der Waals surface area contributed by atoms with E-state index in [0.29, 0.717) is 30.6 Å². The summed E-state index contributed by atoms with van der Waals surface area (Å²) in [6.07, 6.45) is 1.69. The molecule has 0 aliphatic carbocycles. The third-order valence-electron chi connectivity index (χ3n) is 3.87. The molecule has 0 saturated carbocycles. The number of carbonyl (C=O) groups is 1. The Morgan fingerprint density at radius 2 is 2.17 bits per heavy atom. The Morgan fingerprint density at radius 3 is 2.78 bits per heavy atom. The number of aryl methyl sites for hydroxylation is 1. The van der Waals surface area contributed by atoms with Crippen molar-refractivity contribution in [2.75, 3.05) is 13.1 Å². The lowest BCUT2D eigenvalue weighted by atomic mass is 10.0. The number of aromatic nitrogens is 2. The summed E-state index contributed by atoms with van der Waals surface area (Å²) in [5.41, 5.74) is 1.96. The van der Waals surface area contributed by atoms with Crippen LogP contribution in [0, 0.1) is 12.8 Å². The SMILES string of the molecule is Cc1nc(-c2ccc(CNC(=O)CC3CCNC3)cc2)no1.Cl. The summed E-state index contributed by atoms with van der Waals surface area (Å²) in [7, 11) is 0. The molecule has 2 aromatic rings. The van der Waals surface area contributed by atoms with E-state index in [2.05, 4.69) is 20.8 Å². The van der Waals surface area contributed by atoms with Crippen molar-refractivity contribution in [3.05, 3.63) is 35.7 Å². The van der Waals surface area contributed by atoms with Crippen LogP contribution in [0.3, 0.4) is 0 Å². The zero-order valence-corrected chi connectivity index (χ0v) is 13.9. The first-order valence-corrected chi connectivity index (χ1v) is 7.58. The Morgan fingerprint density at radius 1 is 1.39 bits per heavy atom. The average Bonchev–Trinajstić information content (AvgIpc) is 3.17. The lowest BCUT2D eigenvalue weighted by Gasteiger charge is -2.09. The first kappa shape index (κ1) is 17.4. The number of hydrogen-bond donors (Lipinski definition) is 2. The summed E-state index contributed by atoms with van der Waals surface area (Å²) in [4.78, 5) is 16.1. The molecular weight excluding hydrogens is 316 g/mol. The maximum absolute atomic E-state index is 11.9. The molecule has 7 heteroatoms. The molecule has 6 nitrogen and oxygen atoms in total. The van der Waals surface area contributed by atoms with Gasteiger partial charge in [-0.2, -0.15) is 4.98 Å². The quantitative estimate of drug-likeness (QED) is 0.873. The number of halogens is 1.